The molecule has 14 nitrogen and oxygen atoms in total. The summed E-state index contributed by atoms with van der Waals surface area (Å²) in [5.74, 6) is 2.83. The van der Waals surface area contributed by atoms with E-state index in [0.29, 0.717) is 24.7 Å². The first-order valence-corrected chi connectivity index (χ1v) is 21.1. The number of hydrogen-bond donors (Lipinski definition) is 2. The van der Waals surface area contributed by atoms with Gasteiger partial charge in [-0.2, -0.15) is 5.10 Å². The predicted octanol–water partition coefficient (Wildman–Crippen LogP) is 5.03. The number of benzene rings is 2. The molecule has 1 saturated carbocycles. The molecule has 5 aromatic rings. The molecule has 57 heavy (non-hydrogen) atoms. The Balaban J connectivity index is 0.676. The van der Waals surface area contributed by atoms with E-state index in [1.165, 1.54) is 38.8 Å². The number of ether oxygens (including phenoxy) is 1. The van der Waals surface area contributed by atoms with Gasteiger partial charge in [0.25, 0.3) is 0 Å². The van der Waals surface area contributed by atoms with E-state index in [1.54, 1.807) is 12.7 Å². The van der Waals surface area contributed by atoms with Crippen molar-refractivity contribution in [2.24, 2.45) is 11.8 Å². The van der Waals surface area contributed by atoms with E-state index in [9.17, 15) is 9.59 Å². The van der Waals surface area contributed by atoms with Gasteiger partial charge < -0.3 is 28.9 Å². The van der Waals surface area contributed by atoms with Crippen LogP contribution in [0.5, 0.6) is 5.75 Å². The van der Waals surface area contributed by atoms with Gasteiger partial charge in [0.05, 0.1) is 28.7 Å². The second-order valence-electron chi connectivity index (χ2n) is 17.3. The van der Waals surface area contributed by atoms with Gasteiger partial charge in [0.2, 0.25) is 11.8 Å². The summed E-state index contributed by atoms with van der Waals surface area (Å²) in [6, 6.07) is 14.1. The number of rotatable bonds is 10. The summed E-state index contributed by atoms with van der Waals surface area (Å²) in [6.45, 7) is 13.2. The number of fused-ring (bicyclic) bond motifs is 2. The quantitative estimate of drug-likeness (QED) is 0.185. The summed E-state index contributed by atoms with van der Waals surface area (Å²) in [4.78, 5) is 48.6. The number of aromatic amines is 1. The Kier molecular flexibility index (Phi) is 9.56. The number of carbonyl (C=O) groups excluding carboxylic acids is 2. The van der Waals surface area contributed by atoms with E-state index in [-0.39, 0.29) is 17.4 Å². The summed E-state index contributed by atoms with van der Waals surface area (Å²) >= 11 is 0. The Morgan fingerprint density at radius 2 is 1.53 bits per heavy atom. The number of para-hydroxylation sites is 1. The Labute approximate surface area is 333 Å². The van der Waals surface area contributed by atoms with Gasteiger partial charge in [-0.05, 0) is 94.0 Å². The predicted molar refractivity (Wildman–Crippen MR) is 219 cm³/mol. The van der Waals surface area contributed by atoms with E-state index in [4.69, 9.17) is 9.72 Å². The molecule has 14 heteroatoms. The zero-order valence-electron chi connectivity index (χ0n) is 32.9. The summed E-state index contributed by atoms with van der Waals surface area (Å²) in [7, 11) is 0. The van der Waals surface area contributed by atoms with Crippen LogP contribution in [0.4, 0.5) is 11.5 Å². The number of imide groups is 1. The van der Waals surface area contributed by atoms with Gasteiger partial charge in [-0.1, -0.05) is 6.07 Å². The third-order valence-corrected chi connectivity index (χ3v) is 13.3. The number of amides is 2. The smallest absolute Gasteiger partial charge is 0.249 e. The zero-order valence-corrected chi connectivity index (χ0v) is 32.9. The molecule has 2 N–H and O–H groups in total. The highest BCUT2D eigenvalue weighted by Gasteiger charge is 2.40. The summed E-state index contributed by atoms with van der Waals surface area (Å²) < 4.78 is 8.18. The molecule has 4 saturated heterocycles. The van der Waals surface area contributed by atoms with Gasteiger partial charge in [-0.15, -0.1) is 0 Å². The minimum absolute atomic E-state index is 0.0312. The third kappa shape index (κ3) is 7.56. The first kappa shape index (κ1) is 36.3. The fourth-order valence-corrected chi connectivity index (χ4v) is 9.54. The lowest BCUT2D eigenvalue weighted by Gasteiger charge is -2.41. The van der Waals surface area contributed by atoms with Crippen molar-refractivity contribution in [2.75, 3.05) is 75.2 Å². The van der Waals surface area contributed by atoms with Crippen LogP contribution in [0, 0.1) is 11.8 Å². The average Bonchev–Trinajstić information content (AvgIpc) is 3.58. The maximum atomic E-state index is 12.6. The Morgan fingerprint density at radius 1 is 0.807 bits per heavy atom. The van der Waals surface area contributed by atoms with Gasteiger partial charge >= 0.3 is 0 Å². The lowest BCUT2D eigenvalue weighted by atomic mass is 9.94. The molecule has 298 valence electrons. The maximum Gasteiger partial charge on any atom is 0.249 e. The lowest BCUT2D eigenvalue weighted by molar-refractivity contribution is -0.135. The molecule has 0 radical (unpaired) electrons. The van der Waals surface area contributed by atoms with E-state index >= 15 is 0 Å². The first-order valence-electron chi connectivity index (χ1n) is 21.1. The third-order valence-electron chi connectivity index (χ3n) is 13.3. The molecule has 1 atom stereocenters. The number of carbonyl (C=O) groups is 2. The Hall–Kier alpha value is -5.08. The molecular formula is C43H53N11O3. The number of H-pyrrole nitrogens is 1. The molecule has 2 aromatic carbocycles. The molecule has 7 heterocycles. The van der Waals surface area contributed by atoms with E-state index in [2.05, 4.69) is 76.3 Å². The highest BCUT2D eigenvalue weighted by Crippen LogP contribution is 2.41. The molecule has 2 amide bonds. The number of hydrogen-bond acceptors (Lipinski definition) is 11. The molecule has 5 fully saturated rings. The van der Waals surface area contributed by atoms with Crippen molar-refractivity contribution in [2.45, 2.75) is 69.9 Å². The number of anilines is 2. The normalized spacial score (nSPS) is 22.7. The van der Waals surface area contributed by atoms with Gasteiger partial charge in [-0.25, -0.2) is 15.0 Å². The number of nitrogens with zero attached hydrogens (tertiary/aromatic N) is 9. The van der Waals surface area contributed by atoms with Crippen molar-refractivity contribution in [1.82, 2.24) is 44.8 Å². The fraction of sp³-hybridized carbons (Fsp3) is 0.535. The summed E-state index contributed by atoms with van der Waals surface area (Å²) in [6.07, 6.45) is 11.2. The molecule has 10 rings (SSSR count). The van der Waals surface area contributed by atoms with Crippen molar-refractivity contribution in [3.05, 3.63) is 55.1 Å². The highest BCUT2D eigenvalue weighted by molar-refractivity contribution is 6.00. The largest absolute Gasteiger partial charge is 0.488 e. The van der Waals surface area contributed by atoms with Crippen molar-refractivity contribution in [3.63, 3.8) is 0 Å². The van der Waals surface area contributed by atoms with Crippen LogP contribution in [0.3, 0.4) is 0 Å². The van der Waals surface area contributed by atoms with Gasteiger partial charge in [0.1, 0.15) is 40.7 Å². The topological polar surface area (TPSA) is 141 Å². The van der Waals surface area contributed by atoms with Crippen LogP contribution in [0.25, 0.3) is 33.3 Å². The van der Waals surface area contributed by atoms with E-state index in [1.807, 2.05) is 22.8 Å². The van der Waals surface area contributed by atoms with Crippen LogP contribution in [-0.4, -0.2) is 122 Å². The Morgan fingerprint density at radius 3 is 2.23 bits per heavy atom. The first-order chi connectivity index (χ1) is 27.8. The molecule has 5 aliphatic rings. The van der Waals surface area contributed by atoms with Crippen LogP contribution in [0.2, 0.25) is 0 Å². The van der Waals surface area contributed by atoms with E-state index in [0.717, 1.165) is 116 Å². The van der Waals surface area contributed by atoms with Crippen LogP contribution >= 0.6 is 0 Å². The minimum atomic E-state index is -0.395. The molecule has 3 aromatic heterocycles. The number of piperidine rings is 3. The van der Waals surface area contributed by atoms with Crippen molar-refractivity contribution < 1.29 is 14.3 Å². The molecule has 1 unspecified atom stereocenters. The zero-order chi connectivity index (χ0) is 38.5. The summed E-state index contributed by atoms with van der Waals surface area (Å²) in [5, 5.41) is 11.3. The molecule has 4 aliphatic heterocycles. The SMILES string of the molecule is CC1(Oc2ccc3[nH]nc(-c4cc(N5CCC(CN6CCN(CC7CCN(c8cccc9c8ncn9C8CCC(=O)NC8=O)CC7)CC6)CC5)ncn4)c3c2)CC1. The fourth-order valence-electron chi connectivity index (χ4n) is 9.54. The monoisotopic (exact) mass is 771 g/mol. The Bertz CT molecular complexity index is 2260. The van der Waals surface area contributed by atoms with Crippen molar-refractivity contribution in [3.8, 4) is 17.1 Å². The van der Waals surface area contributed by atoms with Crippen molar-refractivity contribution in [1.29, 1.82) is 0 Å². The van der Waals surface area contributed by atoms with Crippen LogP contribution in [0.15, 0.2) is 55.1 Å². The second-order valence-corrected chi connectivity index (χ2v) is 17.3. The average molecular weight is 772 g/mol. The molecule has 0 bridgehead atoms. The maximum absolute atomic E-state index is 12.6. The van der Waals surface area contributed by atoms with E-state index < -0.39 is 6.04 Å². The standard InChI is InChI=1S/C43H53N11O3/c1-43(13-14-43)57-31-5-6-33-32(23-31)40(49-48-33)34-24-38(45-27-44-34)53-17-11-30(12-18-53)26-51-21-19-50(20-22-51)25-29-9-15-52(16-10-29)35-3-2-4-36-41(35)46-28-54(36)37-7-8-39(55)47-42(37)56/h2-6,23-24,27-30,37H,7-22,25-26H2,1H3,(H,48,49)(H,47,55,56). The van der Waals surface area contributed by atoms with Crippen LogP contribution in [0.1, 0.15) is 64.3 Å². The van der Waals surface area contributed by atoms with Crippen LogP contribution in [-0.2, 0) is 9.59 Å². The second kappa shape index (κ2) is 15.0. The number of aromatic nitrogens is 6. The van der Waals surface area contributed by atoms with Gasteiger partial charge in [0.15, 0.2) is 0 Å². The summed E-state index contributed by atoms with van der Waals surface area (Å²) in [5.41, 5.74) is 5.65. The molecule has 1 aliphatic carbocycles. The van der Waals surface area contributed by atoms with Crippen LogP contribution < -0.4 is 19.9 Å². The minimum Gasteiger partial charge on any atom is -0.488 e. The van der Waals surface area contributed by atoms with Gasteiger partial charge in [0, 0.05) is 83.3 Å². The molecular weight excluding hydrogens is 719 g/mol. The van der Waals surface area contributed by atoms with Gasteiger partial charge in [-0.3, -0.25) is 20.0 Å². The number of nitrogens with one attached hydrogen (secondary N) is 2. The highest BCUT2D eigenvalue weighted by atomic mass is 16.5. The van der Waals surface area contributed by atoms with Crippen molar-refractivity contribution >= 4 is 45.3 Å². The molecule has 0 spiro atoms. The number of imidazole rings is 1. The number of piperazine rings is 1. The lowest BCUT2D eigenvalue weighted by Crippen LogP contribution is -2.50.